The van der Waals surface area contributed by atoms with Gasteiger partial charge in [0.25, 0.3) is 0 Å². The van der Waals surface area contributed by atoms with E-state index >= 15 is 0 Å². The molecule has 0 saturated carbocycles. The third kappa shape index (κ3) is 35.4. The molecular weight excluding hydrogens is 536 g/mol. The fraction of sp³-hybridized carbons (Fsp3) is 0.963. The minimum Gasteiger partial charge on any atom is -0.463 e. The lowest BCUT2D eigenvalue weighted by Crippen LogP contribution is -2.15. The van der Waals surface area contributed by atoms with Gasteiger partial charge in [-0.2, -0.15) is 0 Å². The van der Waals surface area contributed by atoms with E-state index < -0.39 is 0 Å². The standard InChI is InChI=1S/C27H53ClO11/c1-2-3-4-5-6-27(29)39-26-25-38-24-23-37-22-21-36-20-19-35-18-17-34-16-15-33-14-13-32-12-11-31-10-9-30-8-7-28/h2-26H2,1H3. The van der Waals surface area contributed by atoms with Crippen LogP contribution in [-0.2, 0) is 52.2 Å². The predicted octanol–water partition coefficient (Wildman–Crippen LogP) is 2.89. The molecule has 0 aromatic heterocycles. The van der Waals surface area contributed by atoms with Crippen LogP contribution in [0.25, 0.3) is 0 Å². The number of alkyl halides is 1. The van der Waals surface area contributed by atoms with E-state index in [2.05, 4.69) is 6.92 Å². The first-order valence-corrected chi connectivity index (χ1v) is 14.8. The number of esters is 1. The smallest absolute Gasteiger partial charge is 0.305 e. The molecule has 0 saturated heterocycles. The molecule has 0 heterocycles. The van der Waals surface area contributed by atoms with Gasteiger partial charge in [0.15, 0.2) is 0 Å². The summed E-state index contributed by atoms with van der Waals surface area (Å²) in [6, 6.07) is 0. The van der Waals surface area contributed by atoms with Crippen molar-refractivity contribution in [3.05, 3.63) is 0 Å². The summed E-state index contributed by atoms with van der Waals surface area (Å²) in [7, 11) is 0. The molecule has 0 aromatic rings. The van der Waals surface area contributed by atoms with Crippen molar-refractivity contribution in [2.24, 2.45) is 0 Å². The van der Waals surface area contributed by atoms with Gasteiger partial charge < -0.3 is 47.4 Å². The van der Waals surface area contributed by atoms with Crippen molar-refractivity contribution in [3.8, 4) is 0 Å². The number of unbranched alkanes of at least 4 members (excludes halogenated alkanes) is 3. The van der Waals surface area contributed by atoms with Gasteiger partial charge in [-0.25, -0.2) is 0 Å². The zero-order chi connectivity index (χ0) is 28.3. The molecule has 12 heteroatoms. The van der Waals surface area contributed by atoms with Crippen molar-refractivity contribution in [2.75, 3.05) is 131 Å². The largest absolute Gasteiger partial charge is 0.463 e. The molecule has 0 rings (SSSR count). The van der Waals surface area contributed by atoms with Crippen LogP contribution in [0.2, 0.25) is 0 Å². The third-order valence-electron chi connectivity index (χ3n) is 4.92. The van der Waals surface area contributed by atoms with Crippen LogP contribution in [0.1, 0.15) is 39.0 Å². The first-order valence-electron chi connectivity index (χ1n) is 14.2. The zero-order valence-corrected chi connectivity index (χ0v) is 24.8. The number of ether oxygens (including phenoxy) is 10. The highest BCUT2D eigenvalue weighted by molar-refractivity contribution is 6.17. The van der Waals surface area contributed by atoms with Crippen LogP contribution >= 0.6 is 11.6 Å². The normalized spacial score (nSPS) is 11.3. The molecule has 0 fully saturated rings. The van der Waals surface area contributed by atoms with Crippen molar-refractivity contribution < 1.29 is 52.2 Å². The van der Waals surface area contributed by atoms with Crippen molar-refractivity contribution >= 4 is 17.6 Å². The van der Waals surface area contributed by atoms with E-state index in [1.165, 1.54) is 0 Å². The van der Waals surface area contributed by atoms with Gasteiger partial charge >= 0.3 is 5.97 Å². The molecule has 0 aromatic carbocycles. The summed E-state index contributed by atoms with van der Waals surface area (Å²) in [5.41, 5.74) is 0. The average molecular weight is 589 g/mol. The Hall–Kier alpha value is -0.600. The molecule has 0 N–H and O–H groups in total. The highest BCUT2D eigenvalue weighted by Crippen LogP contribution is 2.03. The summed E-state index contributed by atoms with van der Waals surface area (Å²) in [6.07, 6.45) is 4.77. The van der Waals surface area contributed by atoms with Crippen LogP contribution < -0.4 is 0 Å². The summed E-state index contributed by atoms with van der Waals surface area (Å²) < 4.78 is 53.7. The number of carbonyl (C=O) groups is 1. The number of carbonyl (C=O) groups excluding carboxylic acids is 1. The van der Waals surface area contributed by atoms with Crippen LogP contribution in [0.3, 0.4) is 0 Å². The second kappa shape index (κ2) is 35.4. The van der Waals surface area contributed by atoms with E-state index in [-0.39, 0.29) is 12.6 Å². The van der Waals surface area contributed by atoms with E-state index in [0.29, 0.717) is 131 Å². The van der Waals surface area contributed by atoms with Crippen LogP contribution in [0, 0.1) is 0 Å². The average Bonchev–Trinajstić information content (AvgIpc) is 2.94. The Balaban J connectivity index is 3.07. The minimum atomic E-state index is -0.151. The van der Waals surface area contributed by atoms with Crippen molar-refractivity contribution in [1.29, 1.82) is 0 Å². The summed E-state index contributed by atoms with van der Waals surface area (Å²) >= 11 is 5.50. The monoisotopic (exact) mass is 588 g/mol. The van der Waals surface area contributed by atoms with E-state index in [0.717, 1.165) is 25.7 Å². The van der Waals surface area contributed by atoms with E-state index in [1.54, 1.807) is 0 Å². The fourth-order valence-electron chi connectivity index (χ4n) is 2.90. The maximum Gasteiger partial charge on any atom is 0.305 e. The molecule has 11 nitrogen and oxygen atoms in total. The zero-order valence-electron chi connectivity index (χ0n) is 24.0. The van der Waals surface area contributed by atoms with Gasteiger partial charge in [0.2, 0.25) is 0 Å². The summed E-state index contributed by atoms with van der Waals surface area (Å²) in [6.45, 7) is 11.5. The lowest BCUT2D eigenvalue weighted by Gasteiger charge is -2.09. The van der Waals surface area contributed by atoms with Crippen LogP contribution in [0.4, 0.5) is 0 Å². The van der Waals surface area contributed by atoms with Crippen molar-refractivity contribution in [1.82, 2.24) is 0 Å². The Bertz CT molecular complexity index is 475. The SMILES string of the molecule is CCCCCCC(=O)OCCOCCOCCOCCOCCOCCOCCOCCOCCOCCCl. The molecule has 0 bridgehead atoms. The number of hydrogen-bond donors (Lipinski definition) is 0. The van der Waals surface area contributed by atoms with E-state index in [9.17, 15) is 4.79 Å². The van der Waals surface area contributed by atoms with Crippen molar-refractivity contribution in [3.63, 3.8) is 0 Å². The van der Waals surface area contributed by atoms with Crippen molar-refractivity contribution in [2.45, 2.75) is 39.0 Å². The molecule has 0 radical (unpaired) electrons. The second-order valence-corrected chi connectivity index (χ2v) is 8.61. The minimum absolute atomic E-state index is 0.151. The van der Waals surface area contributed by atoms with Crippen LogP contribution in [-0.4, -0.2) is 137 Å². The highest BCUT2D eigenvalue weighted by Gasteiger charge is 2.02. The molecule has 0 aliphatic carbocycles. The predicted molar refractivity (Wildman–Crippen MR) is 148 cm³/mol. The molecule has 234 valence electrons. The lowest BCUT2D eigenvalue weighted by molar-refractivity contribution is -0.145. The molecule has 0 unspecified atom stereocenters. The van der Waals surface area contributed by atoms with Gasteiger partial charge in [-0.1, -0.05) is 26.2 Å². The lowest BCUT2D eigenvalue weighted by atomic mass is 10.2. The van der Waals surface area contributed by atoms with Gasteiger partial charge in [0.05, 0.1) is 119 Å². The third-order valence-corrected chi connectivity index (χ3v) is 5.08. The molecule has 0 spiro atoms. The Morgan fingerprint density at radius 3 is 1.05 bits per heavy atom. The number of rotatable bonds is 34. The fourth-order valence-corrected chi connectivity index (χ4v) is 3.01. The van der Waals surface area contributed by atoms with Gasteiger partial charge in [-0.3, -0.25) is 4.79 Å². The van der Waals surface area contributed by atoms with Crippen LogP contribution in [0.5, 0.6) is 0 Å². The topological polar surface area (TPSA) is 109 Å². The Labute approximate surface area is 240 Å². The molecule has 39 heavy (non-hydrogen) atoms. The van der Waals surface area contributed by atoms with E-state index in [4.69, 9.17) is 59.0 Å². The van der Waals surface area contributed by atoms with Crippen LogP contribution in [0.15, 0.2) is 0 Å². The Morgan fingerprint density at radius 2 is 0.744 bits per heavy atom. The molecular formula is C27H53ClO11. The van der Waals surface area contributed by atoms with Gasteiger partial charge in [0.1, 0.15) is 6.61 Å². The molecule has 0 atom stereocenters. The van der Waals surface area contributed by atoms with E-state index in [1.807, 2.05) is 0 Å². The number of halogens is 1. The first kappa shape index (κ1) is 38.4. The number of hydrogen-bond acceptors (Lipinski definition) is 11. The molecule has 0 aliphatic rings. The summed E-state index contributed by atoms with van der Waals surface area (Å²) in [5.74, 6) is 0.346. The Kier molecular flexibility index (Phi) is 34.9. The molecule has 0 aliphatic heterocycles. The summed E-state index contributed by atoms with van der Waals surface area (Å²) in [5, 5.41) is 0. The quantitative estimate of drug-likeness (QED) is 0.0628. The summed E-state index contributed by atoms with van der Waals surface area (Å²) in [4.78, 5) is 11.5. The van der Waals surface area contributed by atoms with Gasteiger partial charge in [-0.05, 0) is 6.42 Å². The first-order chi connectivity index (χ1) is 19.3. The molecule has 0 amide bonds. The van der Waals surface area contributed by atoms with Gasteiger partial charge in [0, 0.05) is 12.3 Å². The van der Waals surface area contributed by atoms with Gasteiger partial charge in [-0.15, -0.1) is 11.6 Å². The Morgan fingerprint density at radius 1 is 0.436 bits per heavy atom. The highest BCUT2D eigenvalue weighted by atomic mass is 35.5. The maximum atomic E-state index is 11.5. The maximum absolute atomic E-state index is 11.5. The second-order valence-electron chi connectivity index (χ2n) is 8.23.